The van der Waals surface area contributed by atoms with Crippen LogP contribution < -0.4 is 5.32 Å². The van der Waals surface area contributed by atoms with E-state index >= 15 is 0 Å². The van der Waals surface area contributed by atoms with Crippen LogP contribution in [0.15, 0.2) is 4.52 Å². The van der Waals surface area contributed by atoms with Gasteiger partial charge in [0, 0.05) is 19.0 Å². The molecule has 8 nitrogen and oxygen atoms in total. The van der Waals surface area contributed by atoms with Crippen molar-refractivity contribution in [2.45, 2.75) is 45.4 Å². The zero-order valence-electron chi connectivity index (χ0n) is 13.1. The molecule has 0 saturated carbocycles. The summed E-state index contributed by atoms with van der Waals surface area (Å²) in [6, 6.07) is 0. The highest BCUT2D eigenvalue weighted by Gasteiger charge is 2.32. The van der Waals surface area contributed by atoms with E-state index in [4.69, 9.17) is 4.52 Å². The van der Waals surface area contributed by atoms with Gasteiger partial charge in [-0.2, -0.15) is 4.98 Å². The number of hydrogen-bond acceptors (Lipinski definition) is 6. The highest BCUT2D eigenvalue weighted by atomic mass is 32.2. The first-order valence-corrected chi connectivity index (χ1v) is 8.87. The lowest BCUT2D eigenvalue weighted by Crippen LogP contribution is -2.45. The van der Waals surface area contributed by atoms with Crippen LogP contribution in [0.3, 0.4) is 0 Å². The average molecular weight is 330 g/mol. The number of sulfonamides is 1. The van der Waals surface area contributed by atoms with Gasteiger partial charge in [-0.1, -0.05) is 5.16 Å². The zero-order valence-corrected chi connectivity index (χ0v) is 13.9. The van der Waals surface area contributed by atoms with Crippen LogP contribution >= 0.6 is 0 Å². The van der Waals surface area contributed by atoms with E-state index in [0.717, 1.165) is 0 Å². The Morgan fingerprint density at radius 2 is 2.05 bits per heavy atom. The maximum absolute atomic E-state index is 12.1. The second-order valence-electron chi connectivity index (χ2n) is 5.72. The molecule has 1 aromatic rings. The molecule has 2 heterocycles. The van der Waals surface area contributed by atoms with Crippen LogP contribution in [0.5, 0.6) is 0 Å². The van der Waals surface area contributed by atoms with Crippen molar-refractivity contribution < 1.29 is 17.7 Å². The Kier molecular flexibility index (Phi) is 5.17. The summed E-state index contributed by atoms with van der Waals surface area (Å²) in [6.45, 7) is 6.02. The van der Waals surface area contributed by atoms with Gasteiger partial charge in [0.1, 0.15) is 0 Å². The third-order valence-electron chi connectivity index (χ3n) is 3.76. The summed E-state index contributed by atoms with van der Waals surface area (Å²) in [4.78, 5) is 16.1. The minimum Gasteiger partial charge on any atom is -0.347 e. The first kappa shape index (κ1) is 16.9. The molecule has 0 unspecified atom stereocenters. The number of rotatable bonds is 5. The number of nitrogens with one attached hydrogen (secondary N) is 1. The largest absolute Gasteiger partial charge is 0.347 e. The van der Waals surface area contributed by atoms with Gasteiger partial charge in [-0.05, 0) is 33.6 Å². The highest BCUT2D eigenvalue weighted by molar-refractivity contribution is 7.89. The Morgan fingerprint density at radius 3 is 2.55 bits per heavy atom. The molecule has 22 heavy (non-hydrogen) atoms. The third-order valence-corrected chi connectivity index (χ3v) is 6.04. The van der Waals surface area contributed by atoms with E-state index < -0.39 is 15.3 Å². The van der Waals surface area contributed by atoms with Gasteiger partial charge in [0.25, 0.3) is 0 Å². The maximum Gasteiger partial charge on any atom is 0.246 e. The Bertz CT molecular complexity index is 618. The first-order chi connectivity index (χ1) is 10.3. The van der Waals surface area contributed by atoms with Crippen LogP contribution in [0, 0.1) is 12.8 Å². The summed E-state index contributed by atoms with van der Waals surface area (Å²) in [6.07, 6.45) is 1.06. The Hall–Kier alpha value is -1.48. The monoisotopic (exact) mass is 330 g/mol. The van der Waals surface area contributed by atoms with Crippen LogP contribution in [-0.4, -0.2) is 47.1 Å². The molecule has 1 aromatic heterocycles. The molecule has 1 N–H and O–H groups in total. The van der Waals surface area contributed by atoms with Crippen molar-refractivity contribution in [1.29, 1.82) is 0 Å². The van der Waals surface area contributed by atoms with Crippen molar-refractivity contribution in [3.63, 3.8) is 0 Å². The number of aromatic nitrogens is 2. The number of hydrogen-bond donors (Lipinski definition) is 1. The molecular weight excluding hydrogens is 308 g/mol. The molecule has 1 aliphatic heterocycles. The molecule has 1 aliphatic rings. The third kappa shape index (κ3) is 3.83. The number of piperidine rings is 1. The van der Waals surface area contributed by atoms with Gasteiger partial charge in [0.2, 0.25) is 21.8 Å². The van der Waals surface area contributed by atoms with E-state index in [1.807, 2.05) is 0 Å². The van der Waals surface area contributed by atoms with Gasteiger partial charge >= 0.3 is 0 Å². The summed E-state index contributed by atoms with van der Waals surface area (Å²) in [5.41, 5.74) is 0. The summed E-state index contributed by atoms with van der Waals surface area (Å²) in [7, 11) is -3.23. The van der Waals surface area contributed by atoms with Crippen molar-refractivity contribution >= 4 is 15.9 Å². The van der Waals surface area contributed by atoms with E-state index in [1.54, 1.807) is 20.8 Å². The molecule has 0 aliphatic carbocycles. The predicted octanol–water partition coefficient (Wildman–Crippen LogP) is 0.444. The minimum absolute atomic E-state index is 0.0996. The molecule has 0 aromatic carbocycles. The van der Waals surface area contributed by atoms with E-state index in [2.05, 4.69) is 15.5 Å². The predicted molar refractivity (Wildman–Crippen MR) is 79.2 cm³/mol. The van der Waals surface area contributed by atoms with Gasteiger partial charge in [-0.25, -0.2) is 12.7 Å². The van der Waals surface area contributed by atoms with E-state index in [1.165, 1.54) is 4.31 Å². The quantitative estimate of drug-likeness (QED) is 0.840. The van der Waals surface area contributed by atoms with Crippen molar-refractivity contribution in [3.8, 4) is 0 Å². The fraction of sp³-hybridized carbons (Fsp3) is 0.769. The van der Waals surface area contributed by atoms with E-state index in [9.17, 15) is 13.2 Å². The molecule has 2 rings (SSSR count). The molecule has 124 valence electrons. The Balaban J connectivity index is 1.82. The molecule has 1 saturated heterocycles. The summed E-state index contributed by atoms with van der Waals surface area (Å²) in [5.74, 6) is 0.613. The summed E-state index contributed by atoms with van der Waals surface area (Å²) < 4.78 is 30.5. The highest BCUT2D eigenvalue weighted by Crippen LogP contribution is 2.21. The van der Waals surface area contributed by atoms with Gasteiger partial charge in [-0.3, -0.25) is 4.79 Å². The number of nitrogens with zero attached hydrogens (tertiary/aromatic N) is 3. The Morgan fingerprint density at radius 1 is 1.41 bits per heavy atom. The first-order valence-electron chi connectivity index (χ1n) is 7.36. The normalized spacial score (nSPS) is 17.8. The van der Waals surface area contributed by atoms with Crippen LogP contribution in [-0.2, 0) is 21.4 Å². The molecule has 1 amide bonds. The fourth-order valence-corrected chi connectivity index (χ4v) is 3.71. The zero-order chi connectivity index (χ0) is 16.3. The number of carbonyl (C=O) groups is 1. The van der Waals surface area contributed by atoms with Crippen molar-refractivity contribution in [3.05, 3.63) is 11.7 Å². The average Bonchev–Trinajstić information content (AvgIpc) is 2.90. The number of amides is 1. The molecule has 1 fully saturated rings. The summed E-state index contributed by atoms with van der Waals surface area (Å²) in [5, 5.41) is 5.97. The van der Waals surface area contributed by atoms with Crippen LogP contribution in [0.4, 0.5) is 0 Å². The second-order valence-corrected chi connectivity index (χ2v) is 8.21. The van der Waals surface area contributed by atoms with E-state index in [0.29, 0.717) is 37.6 Å². The lowest BCUT2D eigenvalue weighted by molar-refractivity contribution is -0.126. The van der Waals surface area contributed by atoms with Crippen LogP contribution in [0.2, 0.25) is 0 Å². The van der Waals surface area contributed by atoms with Crippen LogP contribution in [0.1, 0.15) is 38.4 Å². The molecule has 9 heteroatoms. The number of aryl methyl sites for hydroxylation is 1. The molecule has 0 atom stereocenters. The lowest BCUT2D eigenvalue weighted by atomic mass is 9.97. The second kappa shape index (κ2) is 6.74. The minimum atomic E-state index is -3.23. The SMILES string of the molecule is Cc1noc(CNC(=O)C2CCN(S(=O)(=O)C(C)C)CC2)n1. The van der Waals surface area contributed by atoms with Gasteiger partial charge in [-0.15, -0.1) is 0 Å². The van der Waals surface area contributed by atoms with Gasteiger partial charge in [0.05, 0.1) is 11.8 Å². The topological polar surface area (TPSA) is 105 Å². The Labute approximate surface area is 130 Å². The maximum atomic E-state index is 12.1. The van der Waals surface area contributed by atoms with Gasteiger partial charge in [0.15, 0.2) is 5.82 Å². The lowest BCUT2D eigenvalue weighted by Gasteiger charge is -2.31. The van der Waals surface area contributed by atoms with Crippen molar-refractivity contribution in [1.82, 2.24) is 19.8 Å². The van der Waals surface area contributed by atoms with Crippen molar-refractivity contribution in [2.24, 2.45) is 5.92 Å². The summed E-state index contributed by atoms with van der Waals surface area (Å²) >= 11 is 0. The molecule has 0 radical (unpaired) electrons. The van der Waals surface area contributed by atoms with Crippen molar-refractivity contribution in [2.75, 3.05) is 13.1 Å². The van der Waals surface area contributed by atoms with E-state index in [-0.39, 0.29) is 18.4 Å². The fourth-order valence-electron chi connectivity index (χ4n) is 2.39. The molecular formula is C13H22N4O4S. The standard InChI is InChI=1S/C13H22N4O4S/c1-9(2)22(19,20)17-6-4-11(5-7-17)13(18)14-8-12-15-10(3)16-21-12/h9,11H,4-8H2,1-3H3,(H,14,18). The smallest absolute Gasteiger partial charge is 0.246 e. The van der Waals surface area contributed by atoms with Gasteiger partial charge < -0.3 is 9.84 Å². The molecule has 0 spiro atoms. The molecule has 0 bridgehead atoms. The van der Waals surface area contributed by atoms with Crippen LogP contribution in [0.25, 0.3) is 0 Å². The number of carbonyl (C=O) groups excluding carboxylic acids is 1.